The van der Waals surface area contributed by atoms with E-state index in [1.807, 2.05) is 23.9 Å². The Labute approximate surface area is 106 Å². The summed E-state index contributed by atoms with van der Waals surface area (Å²) in [6.07, 6.45) is 0. The Morgan fingerprint density at radius 3 is 2.69 bits per heavy atom. The molecule has 2 rings (SSSR count). The molecule has 1 unspecified atom stereocenters. The molecule has 1 atom stereocenters. The lowest BCUT2D eigenvalue weighted by atomic mass is 10.2. The van der Waals surface area contributed by atoms with Crippen molar-refractivity contribution < 1.29 is 0 Å². The second-order valence-electron chi connectivity index (χ2n) is 4.04. The van der Waals surface area contributed by atoms with E-state index in [1.165, 1.54) is 11.4 Å². The van der Waals surface area contributed by atoms with Crippen LogP contribution in [0.25, 0.3) is 0 Å². The number of thiocarbonyl (C=S) groups is 1. The third-order valence-electron chi connectivity index (χ3n) is 2.76. The summed E-state index contributed by atoms with van der Waals surface area (Å²) in [5.74, 6) is 1.21. The summed E-state index contributed by atoms with van der Waals surface area (Å²) in [7, 11) is 0. The van der Waals surface area contributed by atoms with Crippen molar-refractivity contribution in [3.05, 3.63) is 29.8 Å². The highest BCUT2D eigenvalue weighted by atomic mass is 32.2. The summed E-state index contributed by atoms with van der Waals surface area (Å²) in [4.78, 5) is 2.89. The monoisotopic (exact) mass is 252 g/mol. The molecule has 0 saturated carbocycles. The minimum atomic E-state index is 0.467. The highest BCUT2D eigenvalue weighted by molar-refractivity contribution is 8.00. The van der Waals surface area contributed by atoms with Gasteiger partial charge in [0.1, 0.15) is 4.99 Å². The lowest BCUT2D eigenvalue weighted by Crippen LogP contribution is -2.36. The van der Waals surface area contributed by atoms with Gasteiger partial charge in [0.15, 0.2) is 0 Å². The Kier molecular flexibility index (Phi) is 3.71. The number of nitrogens with two attached hydrogens (primary N) is 1. The van der Waals surface area contributed by atoms with Gasteiger partial charge >= 0.3 is 0 Å². The van der Waals surface area contributed by atoms with Crippen LogP contribution in [-0.2, 0) is 0 Å². The third kappa shape index (κ3) is 2.68. The molecule has 1 saturated heterocycles. The Hall–Kier alpha value is -0.740. The quantitative estimate of drug-likeness (QED) is 0.818. The van der Waals surface area contributed by atoms with Gasteiger partial charge in [0.2, 0.25) is 0 Å². The smallest absolute Gasteiger partial charge is 0.103 e. The molecule has 2 nitrogen and oxygen atoms in total. The van der Waals surface area contributed by atoms with Gasteiger partial charge in [-0.3, -0.25) is 0 Å². The highest BCUT2D eigenvalue weighted by Crippen LogP contribution is 2.23. The summed E-state index contributed by atoms with van der Waals surface area (Å²) in [6.45, 7) is 4.53. The van der Waals surface area contributed by atoms with Crippen LogP contribution in [0.5, 0.6) is 0 Å². The molecule has 0 radical (unpaired) electrons. The maximum Gasteiger partial charge on any atom is 0.103 e. The zero-order valence-electron chi connectivity index (χ0n) is 9.35. The minimum absolute atomic E-state index is 0.467. The van der Waals surface area contributed by atoms with E-state index in [0.717, 1.165) is 18.7 Å². The number of rotatable bonds is 2. The molecule has 1 fully saturated rings. The predicted octanol–water partition coefficient (Wildman–Crippen LogP) is 2.26. The average molecular weight is 252 g/mol. The van der Waals surface area contributed by atoms with Gasteiger partial charge in [-0.2, -0.15) is 11.8 Å². The number of hydrogen-bond acceptors (Lipinski definition) is 3. The van der Waals surface area contributed by atoms with Crippen molar-refractivity contribution in [2.45, 2.75) is 12.2 Å². The van der Waals surface area contributed by atoms with E-state index >= 15 is 0 Å². The first-order valence-electron chi connectivity index (χ1n) is 5.43. The fourth-order valence-electron chi connectivity index (χ4n) is 1.89. The molecule has 2 N–H and O–H groups in total. The van der Waals surface area contributed by atoms with E-state index in [4.69, 9.17) is 18.0 Å². The number of anilines is 1. The van der Waals surface area contributed by atoms with Gasteiger partial charge in [0.25, 0.3) is 0 Å². The number of hydrogen-bond donors (Lipinski definition) is 1. The van der Waals surface area contributed by atoms with Crippen molar-refractivity contribution in [1.29, 1.82) is 0 Å². The third-order valence-corrected chi connectivity index (χ3v) is 4.13. The highest BCUT2D eigenvalue weighted by Gasteiger charge is 2.16. The number of benzene rings is 1. The molecular formula is C12H16N2S2. The first-order chi connectivity index (χ1) is 7.66. The molecule has 86 valence electrons. The molecular weight excluding hydrogens is 236 g/mol. The van der Waals surface area contributed by atoms with Crippen molar-refractivity contribution in [3.63, 3.8) is 0 Å². The maximum atomic E-state index is 5.58. The van der Waals surface area contributed by atoms with Crippen LogP contribution in [0.2, 0.25) is 0 Å². The van der Waals surface area contributed by atoms with E-state index < -0.39 is 0 Å². The molecule has 4 heteroatoms. The zero-order chi connectivity index (χ0) is 11.5. The van der Waals surface area contributed by atoms with E-state index in [2.05, 4.69) is 24.0 Å². The number of nitrogens with zero attached hydrogens (tertiary/aromatic N) is 1. The van der Waals surface area contributed by atoms with E-state index in [-0.39, 0.29) is 0 Å². The molecule has 1 aliphatic rings. The molecule has 1 aromatic rings. The molecule has 0 bridgehead atoms. The zero-order valence-corrected chi connectivity index (χ0v) is 11.0. The van der Waals surface area contributed by atoms with Crippen molar-refractivity contribution >= 4 is 34.7 Å². The molecule has 16 heavy (non-hydrogen) atoms. The standard InChI is InChI=1S/C12H16N2S2/c1-9-8-14(6-7-16-9)11-4-2-10(3-5-11)12(13)15/h2-5,9H,6-8H2,1H3,(H2,13,15). The van der Waals surface area contributed by atoms with Crippen LogP contribution in [0.1, 0.15) is 12.5 Å². The average Bonchev–Trinajstić information content (AvgIpc) is 2.29. The van der Waals surface area contributed by atoms with Crippen LogP contribution in [0.4, 0.5) is 5.69 Å². The van der Waals surface area contributed by atoms with Crippen LogP contribution < -0.4 is 10.6 Å². The molecule has 0 aromatic heterocycles. The van der Waals surface area contributed by atoms with Crippen LogP contribution in [0.3, 0.4) is 0 Å². The largest absolute Gasteiger partial charge is 0.389 e. The topological polar surface area (TPSA) is 29.3 Å². The second kappa shape index (κ2) is 5.06. The fourth-order valence-corrected chi connectivity index (χ4v) is 3.04. The summed E-state index contributed by atoms with van der Waals surface area (Å²) in [5, 5.41) is 0.712. The first-order valence-corrected chi connectivity index (χ1v) is 6.89. The lowest BCUT2D eigenvalue weighted by Gasteiger charge is -2.32. The van der Waals surface area contributed by atoms with Gasteiger partial charge in [0.05, 0.1) is 0 Å². The summed E-state index contributed by atoms with van der Waals surface area (Å²) < 4.78 is 0. The van der Waals surface area contributed by atoms with Crippen molar-refractivity contribution in [2.24, 2.45) is 5.73 Å². The minimum Gasteiger partial charge on any atom is -0.389 e. The van der Waals surface area contributed by atoms with E-state index in [0.29, 0.717) is 10.2 Å². The van der Waals surface area contributed by atoms with Gasteiger partial charge in [0, 0.05) is 35.3 Å². The van der Waals surface area contributed by atoms with Gasteiger partial charge in [-0.1, -0.05) is 19.1 Å². The molecule has 0 aliphatic carbocycles. The van der Waals surface area contributed by atoms with Gasteiger partial charge in [-0.25, -0.2) is 0 Å². The Bertz CT molecular complexity index is 375. The fraction of sp³-hybridized carbons (Fsp3) is 0.417. The maximum absolute atomic E-state index is 5.58. The van der Waals surface area contributed by atoms with Crippen molar-refractivity contribution in [3.8, 4) is 0 Å². The van der Waals surface area contributed by atoms with Crippen molar-refractivity contribution in [2.75, 3.05) is 23.7 Å². The van der Waals surface area contributed by atoms with E-state index in [9.17, 15) is 0 Å². The molecule has 1 aliphatic heterocycles. The molecule has 1 heterocycles. The second-order valence-corrected chi connectivity index (χ2v) is 6.02. The predicted molar refractivity (Wildman–Crippen MR) is 76.5 cm³/mol. The Morgan fingerprint density at radius 1 is 1.44 bits per heavy atom. The van der Waals surface area contributed by atoms with Crippen molar-refractivity contribution in [1.82, 2.24) is 0 Å². The van der Waals surface area contributed by atoms with Gasteiger partial charge in [-0.05, 0) is 24.3 Å². The Morgan fingerprint density at radius 2 is 2.12 bits per heavy atom. The van der Waals surface area contributed by atoms with Gasteiger partial charge in [-0.15, -0.1) is 0 Å². The molecule has 0 amide bonds. The van der Waals surface area contributed by atoms with E-state index in [1.54, 1.807) is 0 Å². The van der Waals surface area contributed by atoms with Crippen LogP contribution >= 0.6 is 24.0 Å². The molecule has 1 aromatic carbocycles. The first kappa shape index (κ1) is 11.7. The normalized spacial score (nSPS) is 20.8. The molecule has 0 spiro atoms. The van der Waals surface area contributed by atoms with Crippen LogP contribution in [-0.4, -0.2) is 29.1 Å². The van der Waals surface area contributed by atoms with Gasteiger partial charge < -0.3 is 10.6 Å². The summed E-state index contributed by atoms with van der Waals surface area (Å²) in [5.41, 5.74) is 7.79. The lowest BCUT2D eigenvalue weighted by molar-refractivity contribution is 0.783. The Balaban J connectivity index is 2.11. The summed E-state index contributed by atoms with van der Waals surface area (Å²) in [6, 6.07) is 8.22. The van der Waals surface area contributed by atoms with Crippen LogP contribution in [0.15, 0.2) is 24.3 Å². The SMILES string of the molecule is CC1CN(c2ccc(C(N)=S)cc2)CCS1. The van der Waals surface area contributed by atoms with Crippen LogP contribution in [0, 0.1) is 0 Å². The number of thioether (sulfide) groups is 1. The summed E-state index contributed by atoms with van der Waals surface area (Å²) >= 11 is 6.98.